The van der Waals surface area contributed by atoms with Crippen LogP contribution in [0.5, 0.6) is 5.75 Å². The van der Waals surface area contributed by atoms with Crippen LogP contribution in [0, 0.1) is 0 Å². The van der Waals surface area contributed by atoms with Gasteiger partial charge in [0.05, 0.1) is 5.52 Å². The Labute approximate surface area is 151 Å². The number of aromatic hydroxyl groups is 1. The van der Waals surface area contributed by atoms with Crippen molar-refractivity contribution in [3.05, 3.63) is 82.2 Å². The number of nitrogens with zero attached hydrogens (tertiary/aromatic N) is 1. The third kappa shape index (κ3) is 3.43. The fourth-order valence-corrected chi connectivity index (χ4v) is 2.91. The highest BCUT2D eigenvalue weighted by Gasteiger charge is 2.21. The van der Waals surface area contributed by atoms with Crippen LogP contribution in [-0.4, -0.2) is 21.5 Å². The van der Waals surface area contributed by atoms with Crippen LogP contribution in [0.25, 0.3) is 17.0 Å². The highest BCUT2D eigenvalue weighted by molar-refractivity contribution is 6.03. The summed E-state index contributed by atoms with van der Waals surface area (Å²) in [5.74, 6) is -0.757. The quantitative estimate of drug-likeness (QED) is 0.694. The number of aromatic nitrogens is 1. The van der Waals surface area contributed by atoms with Crippen LogP contribution < -0.4 is 11.3 Å². The molecule has 26 heavy (non-hydrogen) atoms. The van der Waals surface area contributed by atoms with Gasteiger partial charge in [-0.3, -0.25) is 9.59 Å². The molecule has 1 heterocycles. The van der Waals surface area contributed by atoms with Crippen molar-refractivity contribution >= 4 is 22.8 Å². The predicted molar refractivity (Wildman–Crippen MR) is 103 cm³/mol. The third-order valence-corrected chi connectivity index (χ3v) is 4.31. The lowest BCUT2D eigenvalue weighted by molar-refractivity contribution is 0.0975. The van der Waals surface area contributed by atoms with Gasteiger partial charge in [-0.25, -0.2) is 0 Å². The van der Waals surface area contributed by atoms with E-state index in [2.05, 4.69) is 0 Å². The largest absolute Gasteiger partial charge is 0.506 e. The molecule has 3 aromatic rings. The maximum Gasteiger partial charge on any atom is 0.265 e. The van der Waals surface area contributed by atoms with Crippen LogP contribution in [0.2, 0.25) is 0 Å². The third-order valence-electron chi connectivity index (χ3n) is 4.31. The predicted octanol–water partition coefficient (Wildman–Crippen LogP) is 2.86. The first-order valence-electron chi connectivity index (χ1n) is 8.31. The standard InChI is InChI=1S/C21H20N2O3/c1-23-17-10-6-5-9-16(17)20(25)19(21(23)26)18(24)13-15(22)12-11-14-7-3-2-4-8-14/h2-12,15,25H,13,22H2,1H3/b12-11+/t15-/m0/s1. The fraction of sp³-hybridized carbons (Fsp3) is 0.143. The van der Waals surface area contributed by atoms with Crippen molar-refractivity contribution in [2.75, 3.05) is 0 Å². The van der Waals surface area contributed by atoms with E-state index in [-0.39, 0.29) is 17.7 Å². The Balaban J connectivity index is 1.88. The molecule has 3 rings (SSSR count). The number of carbonyl (C=O) groups excluding carboxylic acids is 1. The number of hydrogen-bond acceptors (Lipinski definition) is 4. The van der Waals surface area contributed by atoms with E-state index in [4.69, 9.17) is 5.73 Å². The monoisotopic (exact) mass is 348 g/mol. The smallest absolute Gasteiger partial charge is 0.265 e. The number of pyridine rings is 1. The van der Waals surface area contributed by atoms with Crippen LogP contribution in [0.15, 0.2) is 65.5 Å². The van der Waals surface area contributed by atoms with Gasteiger partial charge in [-0.05, 0) is 17.7 Å². The van der Waals surface area contributed by atoms with E-state index in [1.807, 2.05) is 36.4 Å². The first-order valence-corrected chi connectivity index (χ1v) is 8.31. The lowest BCUT2D eigenvalue weighted by Gasteiger charge is -2.12. The molecule has 0 bridgehead atoms. The van der Waals surface area contributed by atoms with Gasteiger partial charge in [0.1, 0.15) is 11.3 Å². The molecule has 0 radical (unpaired) electrons. The normalized spacial score (nSPS) is 12.5. The van der Waals surface area contributed by atoms with Crippen molar-refractivity contribution < 1.29 is 9.90 Å². The van der Waals surface area contributed by atoms with Gasteiger partial charge in [-0.15, -0.1) is 0 Å². The summed E-state index contributed by atoms with van der Waals surface area (Å²) in [6, 6.07) is 15.9. The van der Waals surface area contributed by atoms with Gasteiger partial charge in [-0.2, -0.15) is 0 Å². The average Bonchev–Trinajstić information content (AvgIpc) is 2.65. The van der Waals surface area contributed by atoms with Crippen LogP contribution >= 0.6 is 0 Å². The zero-order valence-corrected chi connectivity index (χ0v) is 14.4. The molecular weight excluding hydrogens is 328 g/mol. The van der Waals surface area contributed by atoms with Gasteiger partial charge in [0.2, 0.25) is 0 Å². The number of carbonyl (C=O) groups is 1. The van der Waals surface area contributed by atoms with Crippen molar-refractivity contribution in [2.24, 2.45) is 12.8 Å². The molecule has 0 fully saturated rings. The summed E-state index contributed by atoms with van der Waals surface area (Å²) < 4.78 is 1.37. The lowest BCUT2D eigenvalue weighted by Crippen LogP contribution is -2.28. The van der Waals surface area contributed by atoms with E-state index < -0.39 is 17.4 Å². The number of benzene rings is 2. The summed E-state index contributed by atoms with van der Waals surface area (Å²) in [4.78, 5) is 25.1. The molecule has 3 N–H and O–H groups in total. The van der Waals surface area contributed by atoms with Crippen molar-refractivity contribution in [1.82, 2.24) is 4.57 Å². The van der Waals surface area contributed by atoms with Gasteiger partial charge in [0, 0.05) is 24.9 Å². The highest BCUT2D eigenvalue weighted by Crippen LogP contribution is 2.26. The van der Waals surface area contributed by atoms with E-state index in [1.165, 1.54) is 4.57 Å². The summed E-state index contributed by atoms with van der Waals surface area (Å²) in [6.45, 7) is 0. The first-order chi connectivity index (χ1) is 12.5. The van der Waals surface area contributed by atoms with Crippen molar-refractivity contribution in [3.63, 3.8) is 0 Å². The van der Waals surface area contributed by atoms with E-state index in [0.29, 0.717) is 10.9 Å². The topological polar surface area (TPSA) is 85.3 Å². The molecular formula is C21H20N2O3. The van der Waals surface area contributed by atoms with Gasteiger partial charge in [0.25, 0.3) is 5.56 Å². The van der Waals surface area contributed by atoms with Gasteiger partial charge in [-0.1, -0.05) is 54.6 Å². The Kier molecular flexibility index (Phi) is 5.00. The van der Waals surface area contributed by atoms with E-state index in [1.54, 1.807) is 37.4 Å². The summed E-state index contributed by atoms with van der Waals surface area (Å²) in [6.07, 6.45) is 3.48. The van der Waals surface area contributed by atoms with Gasteiger partial charge < -0.3 is 15.4 Å². The van der Waals surface area contributed by atoms with Crippen LogP contribution in [0.4, 0.5) is 0 Å². The lowest BCUT2D eigenvalue weighted by atomic mass is 10.0. The molecule has 5 nitrogen and oxygen atoms in total. The van der Waals surface area contributed by atoms with E-state index in [0.717, 1.165) is 5.56 Å². The molecule has 0 amide bonds. The van der Waals surface area contributed by atoms with E-state index >= 15 is 0 Å². The van der Waals surface area contributed by atoms with Gasteiger partial charge in [0.15, 0.2) is 5.78 Å². The summed E-state index contributed by atoms with van der Waals surface area (Å²) >= 11 is 0. The second kappa shape index (κ2) is 7.37. The highest BCUT2D eigenvalue weighted by atomic mass is 16.3. The Morgan fingerprint density at radius 2 is 1.81 bits per heavy atom. The molecule has 1 aromatic heterocycles. The Morgan fingerprint density at radius 3 is 2.54 bits per heavy atom. The summed E-state index contributed by atoms with van der Waals surface area (Å²) in [5.41, 5.74) is 6.82. The molecule has 2 aromatic carbocycles. The minimum atomic E-state index is -0.557. The number of aryl methyl sites for hydroxylation is 1. The molecule has 0 unspecified atom stereocenters. The van der Waals surface area contributed by atoms with Crippen LogP contribution in [0.3, 0.4) is 0 Å². The molecule has 0 saturated carbocycles. The van der Waals surface area contributed by atoms with Crippen LogP contribution in [-0.2, 0) is 7.05 Å². The van der Waals surface area contributed by atoms with Gasteiger partial charge >= 0.3 is 0 Å². The molecule has 132 valence electrons. The number of hydrogen-bond donors (Lipinski definition) is 2. The molecule has 0 saturated heterocycles. The van der Waals surface area contributed by atoms with Crippen molar-refractivity contribution in [2.45, 2.75) is 12.5 Å². The first kappa shape index (κ1) is 17.6. The van der Waals surface area contributed by atoms with E-state index in [9.17, 15) is 14.7 Å². The average molecular weight is 348 g/mol. The Morgan fingerprint density at radius 1 is 1.15 bits per heavy atom. The maximum atomic E-state index is 12.6. The number of Topliss-reactive ketones (excluding diaryl/α,β-unsaturated/α-hetero) is 1. The minimum absolute atomic E-state index is 0.0650. The van der Waals surface area contributed by atoms with Crippen molar-refractivity contribution in [3.8, 4) is 5.75 Å². The number of rotatable bonds is 5. The second-order valence-corrected chi connectivity index (χ2v) is 6.17. The molecule has 0 spiro atoms. The zero-order valence-electron chi connectivity index (χ0n) is 14.4. The molecule has 5 heteroatoms. The zero-order chi connectivity index (χ0) is 18.7. The number of fused-ring (bicyclic) bond motifs is 1. The Hall–Kier alpha value is -3.18. The Bertz CT molecular complexity index is 1040. The van der Waals surface area contributed by atoms with Crippen molar-refractivity contribution in [1.29, 1.82) is 0 Å². The molecule has 0 aliphatic carbocycles. The number of nitrogens with two attached hydrogens (primary N) is 1. The SMILES string of the molecule is Cn1c(=O)c(C(=O)C[C@@H](N)/C=C/c2ccccc2)c(O)c2ccccc21. The maximum absolute atomic E-state index is 12.6. The van der Waals surface area contributed by atoms with Crippen LogP contribution in [0.1, 0.15) is 22.3 Å². The molecule has 0 aliphatic rings. The molecule has 1 atom stereocenters. The molecule has 0 aliphatic heterocycles. The summed E-state index contributed by atoms with van der Waals surface area (Å²) in [7, 11) is 1.58. The number of para-hydroxylation sites is 1. The fourth-order valence-electron chi connectivity index (χ4n) is 2.91. The minimum Gasteiger partial charge on any atom is -0.506 e. The summed E-state index contributed by atoms with van der Waals surface area (Å²) in [5, 5.41) is 10.9. The number of ketones is 1. The second-order valence-electron chi connectivity index (χ2n) is 6.17.